The fraction of sp³-hybridized carbons (Fsp3) is 0.727. The number of aryl methyl sites for hydroxylation is 1. The van der Waals surface area contributed by atoms with Gasteiger partial charge in [0.05, 0.1) is 19.5 Å². The zero-order chi connectivity index (χ0) is 10.5. The van der Waals surface area contributed by atoms with Gasteiger partial charge in [-0.05, 0) is 6.42 Å². The van der Waals surface area contributed by atoms with Gasteiger partial charge in [0, 0.05) is 31.0 Å². The van der Waals surface area contributed by atoms with Gasteiger partial charge in [0.25, 0.3) is 0 Å². The van der Waals surface area contributed by atoms with Crippen molar-refractivity contribution < 1.29 is 4.74 Å². The fourth-order valence-electron chi connectivity index (χ4n) is 1.95. The maximum Gasteiger partial charge on any atom is 0.0948 e. The van der Waals surface area contributed by atoms with Crippen molar-refractivity contribution in [1.29, 1.82) is 0 Å². The highest BCUT2D eigenvalue weighted by Gasteiger charge is 2.14. The number of rotatable bonds is 4. The summed E-state index contributed by atoms with van der Waals surface area (Å²) in [7, 11) is 0. The van der Waals surface area contributed by atoms with Crippen LogP contribution in [-0.2, 0) is 17.7 Å². The molecule has 2 rings (SSSR count). The Labute approximate surface area is 90.6 Å². The molecule has 0 saturated carbocycles. The van der Waals surface area contributed by atoms with Crippen LogP contribution in [0.4, 0.5) is 0 Å². The molecule has 1 aliphatic heterocycles. The lowest BCUT2D eigenvalue weighted by atomic mass is 10.2. The number of hydrogen-bond donors (Lipinski definition) is 1. The predicted molar refractivity (Wildman–Crippen MR) is 58.8 cm³/mol. The number of aromatic nitrogens is 2. The molecule has 1 saturated heterocycles. The van der Waals surface area contributed by atoms with Gasteiger partial charge in [0.2, 0.25) is 0 Å². The molecule has 0 amide bonds. The highest BCUT2D eigenvalue weighted by Crippen LogP contribution is 2.05. The van der Waals surface area contributed by atoms with Crippen LogP contribution in [0.2, 0.25) is 0 Å². The van der Waals surface area contributed by atoms with Crippen molar-refractivity contribution in [3.8, 4) is 0 Å². The van der Waals surface area contributed by atoms with Gasteiger partial charge >= 0.3 is 0 Å². The summed E-state index contributed by atoms with van der Waals surface area (Å²) in [5, 5.41) is 3.45. The third kappa shape index (κ3) is 2.79. The fourth-order valence-corrected chi connectivity index (χ4v) is 1.95. The largest absolute Gasteiger partial charge is 0.378 e. The lowest BCUT2D eigenvalue weighted by molar-refractivity contribution is 0.0711. The molecule has 1 aliphatic rings. The molecule has 1 N–H and O–H groups in total. The van der Waals surface area contributed by atoms with Crippen LogP contribution in [0.15, 0.2) is 12.5 Å². The SMILES string of the molecule is CCCc1cncn1CC1COCCN1. The molecule has 1 aromatic rings. The van der Waals surface area contributed by atoms with Crippen LogP contribution < -0.4 is 5.32 Å². The van der Waals surface area contributed by atoms with E-state index in [9.17, 15) is 0 Å². The standard InChI is InChI=1S/C11H19N3O/c1-2-3-11-6-12-9-14(11)7-10-8-15-5-4-13-10/h6,9-10,13H,2-5,7-8H2,1H3. The summed E-state index contributed by atoms with van der Waals surface area (Å²) in [6.07, 6.45) is 6.16. The van der Waals surface area contributed by atoms with Crippen LogP contribution >= 0.6 is 0 Å². The monoisotopic (exact) mass is 209 g/mol. The van der Waals surface area contributed by atoms with Gasteiger partial charge in [-0.1, -0.05) is 13.3 Å². The first-order valence-corrected chi connectivity index (χ1v) is 5.70. The quantitative estimate of drug-likeness (QED) is 0.798. The van der Waals surface area contributed by atoms with E-state index >= 15 is 0 Å². The normalized spacial score (nSPS) is 21.8. The Kier molecular flexibility index (Phi) is 3.75. The second-order valence-electron chi connectivity index (χ2n) is 4.01. The van der Waals surface area contributed by atoms with Crippen molar-refractivity contribution in [2.75, 3.05) is 19.8 Å². The minimum Gasteiger partial charge on any atom is -0.378 e. The maximum atomic E-state index is 5.43. The number of imidazole rings is 1. The number of nitrogens with one attached hydrogen (secondary N) is 1. The smallest absolute Gasteiger partial charge is 0.0948 e. The van der Waals surface area contributed by atoms with Gasteiger partial charge in [0.1, 0.15) is 0 Å². The molecule has 4 nitrogen and oxygen atoms in total. The summed E-state index contributed by atoms with van der Waals surface area (Å²) in [6.45, 7) is 5.77. The van der Waals surface area contributed by atoms with Crippen LogP contribution in [0, 0.1) is 0 Å². The van der Waals surface area contributed by atoms with E-state index in [1.807, 2.05) is 12.5 Å². The van der Waals surface area contributed by atoms with E-state index in [1.54, 1.807) is 0 Å². The van der Waals surface area contributed by atoms with Gasteiger partial charge in [-0.3, -0.25) is 0 Å². The lowest BCUT2D eigenvalue weighted by Gasteiger charge is -2.24. The molecule has 84 valence electrons. The zero-order valence-electron chi connectivity index (χ0n) is 9.28. The van der Waals surface area contributed by atoms with Crippen molar-refractivity contribution in [1.82, 2.24) is 14.9 Å². The summed E-state index contributed by atoms with van der Waals surface area (Å²) in [5.74, 6) is 0. The lowest BCUT2D eigenvalue weighted by Crippen LogP contribution is -2.43. The molecule has 1 atom stereocenters. The molecule has 2 heterocycles. The Morgan fingerprint density at radius 1 is 1.67 bits per heavy atom. The number of nitrogens with zero attached hydrogens (tertiary/aromatic N) is 2. The summed E-state index contributed by atoms with van der Waals surface area (Å²) in [5.41, 5.74) is 1.32. The molecule has 0 aliphatic carbocycles. The Morgan fingerprint density at radius 3 is 3.33 bits per heavy atom. The van der Waals surface area contributed by atoms with E-state index in [1.165, 1.54) is 12.1 Å². The van der Waals surface area contributed by atoms with Crippen molar-refractivity contribution in [2.24, 2.45) is 0 Å². The Morgan fingerprint density at radius 2 is 2.60 bits per heavy atom. The highest BCUT2D eigenvalue weighted by molar-refractivity contribution is 4.99. The zero-order valence-corrected chi connectivity index (χ0v) is 9.28. The second kappa shape index (κ2) is 5.28. The van der Waals surface area contributed by atoms with Gasteiger partial charge in [-0.15, -0.1) is 0 Å². The molecule has 1 aromatic heterocycles. The first kappa shape index (κ1) is 10.6. The molecular weight excluding hydrogens is 190 g/mol. The Balaban J connectivity index is 1.93. The summed E-state index contributed by atoms with van der Waals surface area (Å²) >= 11 is 0. The first-order valence-electron chi connectivity index (χ1n) is 5.70. The van der Waals surface area contributed by atoms with Crippen LogP contribution in [0.3, 0.4) is 0 Å². The molecule has 1 fully saturated rings. The summed E-state index contributed by atoms with van der Waals surface area (Å²) in [6, 6.07) is 0.434. The molecule has 0 bridgehead atoms. The maximum absolute atomic E-state index is 5.43. The van der Waals surface area contributed by atoms with E-state index in [0.29, 0.717) is 6.04 Å². The molecule has 0 aromatic carbocycles. The van der Waals surface area contributed by atoms with Crippen LogP contribution in [0.5, 0.6) is 0 Å². The minimum absolute atomic E-state index is 0.434. The van der Waals surface area contributed by atoms with Crippen molar-refractivity contribution >= 4 is 0 Å². The van der Waals surface area contributed by atoms with Crippen molar-refractivity contribution in [3.63, 3.8) is 0 Å². The van der Waals surface area contributed by atoms with E-state index in [2.05, 4.69) is 21.8 Å². The van der Waals surface area contributed by atoms with Crippen molar-refractivity contribution in [2.45, 2.75) is 32.4 Å². The van der Waals surface area contributed by atoms with E-state index in [-0.39, 0.29) is 0 Å². The average molecular weight is 209 g/mol. The van der Waals surface area contributed by atoms with E-state index in [4.69, 9.17) is 4.74 Å². The minimum atomic E-state index is 0.434. The first-order chi connectivity index (χ1) is 7.40. The Hall–Kier alpha value is -0.870. The van der Waals surface area contributed by atoms with Gasteiger partial charge < -0.3 is 14.6 Å². The second-order valence-corrected chi connectivity index (χ2v) is 4.01. The summed E-state index contributed by atoms with van der Waals surface area (Å²) < 4.78 is 7.67. The van der Waals surface area contributed by atoms with E-state index in [0.717, 1.165) is 32.7 Å². The number of morpholine rings is 1. The topological polar surface area (TPSA) is 39.1 Å². The highest BCUT2D eigenvalue weighted by atomic mass is 16.5. The molecule has 4 heteroatoms. The average Bonchev–Trinajstić information content (AvgIpc) is 2.68. The third-order valence-electron chi connectivity index (χ3n) is 2.72. The van der Waals surface area contributed by atoms with Gasteiger partial charge in [-0.25, -0.2) is 4.98 Å². The third-order valence-corrected chi connectivity index (χ3v) is 2.72. The van der Waals surface area contributed by atoms with Crippen LogP contribution in [-0.4, -0.2) is 35.4 Å². The molecule has 0 spiro atoms. The van der Waals surface area contributed by atoms with Gasteiger partial charge in [0.15, 0.2) is 0 Å². The molecule has 0 radical (unpaired) electrons. The number of hydrogen-bond acceptors (Lipinski definition) is 3. The molecule has 15 heavy (non-hydrogen) atoms. The van der Waals surface area contributed by atoms with Crippen molar-refractivity contribution in [3.05, 3.63) is 18.2 Å². The predicted octanol–water partition coefficient (Wildman–Crippen LogP) is 0.824. The number of ether oxygens (including phenoxy) is 1. The van der Waals surface area contributed by atoms with Gasteiger partial charge in [-0.2, -0.15) is 0 Å². The Bertz CT molecular complexity index is 292. The van der Waals surface area contributed by atoms with Crippen LogP contribution in [0.25, 0.3) is 0 Å². The van der Waals surface area contributed by atoms with Crippen LogP contribution in [0.1, 0.15) is 19.0 Å². The molecule has 1 unspecified atom stereocenters. The summed E-state index contributed by atoms with van der Waals surface area (Å²) in [4.78, 5) is 4.20. The van der Waals surface area contributed by atoms with E-state index < -0.39 is 0 Å². The molecular formula is C11H19N3O.